The van der Waals surface area contributed by atoms with Crippen molar-refractivity contribution in [1.29, 1.82) is 0 Å². The third-order valence-corrected chi connectivity index (χ3v) is 3.56. The Morgan fingerprint density at radius 2 is 2.00 bits per heavy atom. The normalized spacial score (nSPS) is 29.8. The lowest BCUT2D eigenvalue weighted by Gasteiger charge is -2.38. The molecule has 0 aromatic rings. The second-order valence-corrected chi connectivity index (χ2v) is 5.16. The van der Waals surface area contributed by atoms with E-state index >= 15 is 0 Å². The van der Waals surface area contributed by atoms with E-state index in [1.165, 1.54) is 45.2 Å². The van der Waals surface area contributed by atoms with Crippen LogP contribution in [0.15, 0.2) is 0 Å². The molecule has 1 atom stereocenters. The molecule has 1 aliphatic carbocycles. The lowest BCUT2D eigenvalue weighted by molar-refractivity contribution is 0.110. The van der Waals surface area contributed by atoms with Gasteiger partial charge in [0.05, 0.1) is 0 Å². The highest BCUT2D eigenvalue weighted by Crippen LogP contribution is 2.22. The summed E-state index contributed by atoms with van der Waals surface area (Å²) in [6, 6.07) is 2.40. The molecule has 2 nitrogen and oxygen atoms in total. The summed E-state index contributed by atoms with van der Waals surface area (Å²) in [5, 5.41) is 3.67. The van der Waals surface area contributed by atoms with Crippen molar-refractivity contribution in [3.8, 4) is 0 Å². The number of hydrogen-bond acceptors (Lipinski definition) is 2. The quantitative estimate of drug-likeness (QED) is 0.740. The van der Waals surface area contributed by atoms with Crippen molar-refractivity contribution >= 4 is 0 Å². The molecule has 1 aliphatic heterocycles. The Morgan fingerprint density at radius 1 is 1.21 bits per heavy atom. The van der Waals surface area contributed by atoms with Crippen LogP contribution in [0.4, 0.5) is 0 Å². The highest BCUT2D eigenvalue weighted by molar-refractivity contribution is 4.86. The zero-order valence-corrected chi connectivity index (χ0v) is 9.63. The Hall–Kier alpha value is -0.0800. The first kappa shape index (κ1) is 10.4. The van der Waals surface area contributed by atoms with Crippen LogP contribution in [0.25, 0.3) is 0 Å². The largest absolute Gasteiger partial charge is 0.312 e. The summed E-state index contributed by atoms with van der Waals surface area (Å²) in [6.07, 6.45) is 7.05. The van der Waals surface area contributed by atoms with Crippen LogP contribution >= 0.6 is 0 Å². The average molecular weight is 196 g/mol. The van der Waals surface area contributed by atoms with Crippen molar-refractivity contribution in [1.82, 2.24) is 10.2 Å². The van der Waals surface area contributed by atoms with Crippen molar-refractivity contribution in [2.75, 3.05) is 13.1 Å². The number of hydrogen-bond donors (Lipinski definition) is 1. The molecule has 1 N–H and O–H groups in total. The molecule has 1 unspecified atom stereocenters. The summed E-state index contributed by atoms with van der Waals surface area (Å²) in [7, 11) is 0. The minimum Gasteiger partial charge on any atom is -0.312 e. The molecular weight excluding hydrogens is 172 g/mol. The standard InChI is InChI=1S/C12H24N2/c1-10(2)14-8-4-3-5-12(14)9-13-11-6-7-11/h10-13H,3-9H2,1-2H3. The van der Waals surface area contributed by atoms with Crippen molar-refractivity contribution in [2.45, 2.75) is 64.1 Å². The van der Waals surface area contributed by atoms with Gasteiger partial charge in [-0.25, -0.2) is 0 Å². The van der Waals surface area contributed by atoms with Gasteiger partial charge in [0.15, 0.2) is 0 Å². The molecule has 0 spiro atoms. The third kappa shape index (κ3) is 2.71. The maximum atomic E-state index is 3.67. The molecule has 0 bridgehead atoms. The zero-order valence-electron chi connectivity index (χ0n) is 9.63. The SMILES string of the molecule is CC(C)N1CCCCC1CNC1CC1. The van der Waals surface area contributed by atoms with Crippen LogP contribution in [0.2, 0.25) is 0 Å². The fourth-order valence-electron chi connectivity index (χ4n) is 2.51. The Morgan fingerprint density at radius 3 is 2.64 bits per heavy atom. The van der Waals surface area contributed by atoms with Gasteiger partial charge in [-0.2, -0.15) is 0 Å². The molecule has 2 fully saturated rings. The summed E-state index contributed by atoms with van der Waals surface area (Å²) in [5.74, 6) is 0. The fourth-order valence-corrected chi connectivity index (χ4v) is 2.51. The van der Waals surface area contributed by atoms with Crippen LogP contribution in [0.5, 0.6) is 0 Å². The monoisotopic (exact) mass is 196 g/mol. The van der Waals surface area contributed by atoms with Crippen molar-refractivity contribution in [3.05, 3.63) is 0 Å². The van der Waals surface area contributed by atoms with Gasteiger partial charge in [0, 0.05) is 24.7 Å². The zero-order chi connectivity index (χ0) is 9.97. The van der Waals surface area contributed by atoms with Crippen molar-refractivity contribution in [3.63, 3.8) is 0 Å². The van der Waals surface area contributed by atoms with Crippen molar-refractivity contribution in [2.24, 2.45) is 0 Å². The molecule has 2 rings (SSSR count). The maximum absolute atomic E-state index is 3.67. The number of nitrogens with zero attached hydrogens (tertiary/aromatic N) is 1. The topological polar surface area (TPSA) is 15.3 Å². The lowest BCUT2D eigenvalue weighted by Crippen LogP contribution is -2.48. The van der Waals surface area contributed by atoms with Gasteiger partial charge < -0.3 is 5.32 Å². The molecule has 82 valence electrons. The van der Waals surface area contributed by atoms with Gasteiger partial charge in [-0.3, -0.25) is 4.90 Å². The highest BCUT2D eigenvalue weighted by atomic mass is 15.2. The summed E-state index contributed by atoms with van der Waals surface area (Å²) >= 11 is 0. The summed E-state index contributed by atoms with van der Waals surface area (Å²) in [6.45, 7) is 7.20. The van der Waals surface area contributed by atoms with Gasteiger partial charge in [0.25, 0.3) is 0 Å². The van der Waals surface area contributed by atoms with Crippen LogP contribution in [-0.4, -0.2) is 36.1 Å². The predicted octanol–water partition coefficient (Wildman–Crippen LogP) is 2.00. The molecule has 0 aromatic carbocycles. The maximum Gasteiger partial charge on any atom is 0.0223 e. The summed E-state index contributed by atoms with van der Waals surface area (Å²) in [5.41, 5.74) is 0. The third-order valence-electron chi connectivity index (χ3n) is 3.56. The summed E-state index contributed by atoms with van der Waals surface area (Å²) in [4.78, 5) is 2.68. The number of nitrogens with one attached hydrogen (secondary N) is 1. The Labute approximate surface area is 88.1 Å². The van der Waals surface area contributed by atoms with Crippen LogP contribution in [-0.2, 0) is 0 Å². The van der Waals surface area contributed by atoms with Crippen LogP contribution in [0.1, 0.15) is 46.0 Å². The number of piperidine rings is 1. The number of likely N-dealkylation sites (tertiary alicyclic amines) is 1. The first-order valence-electron chi connectivity index (χ1n) is 6.26. The smallest absolute Gasteiger partial charge is 0.0223 e. The average Bonchev–Trinajstić information content (AvgIpc) is 2.98. The molecule has 1 saturated carbocycles. The van der Waals surface area contributed by atoms with Crippen LogP contribution in [0.3, 0.4) is 0 Å². The molecular formula is C12H24N2. The molecule has 1 heterocycles. The van der Waals surface area contributed by atoms with E-state index in [-0.39, 0.29) is 0 Å². The molecule has 0 amide bonds. The Bertz CT molecular complexity index is 175. The first-order chi connectivity index (χ1) is 6.77. The molecule has 1 saturated heterocycles. The van der Waals surface area contributed by atoms with Crippen molar-refractivity contribution < 1.29 is 0 Å². The summed E-state index contributed by atoms with van der Waals surface area (Å²) < 4.78 is 0. The van der Waals surface area contributed by atoms with Gasteiger partial charge in [0.2, 0.25) is 0 Å². The highest BCUT2D eigenvalue weighted by Gasteiger charge is 2.27. The lowest BCUT2D eigenvalue weighted by atomic mass is 10.0. The van der Waals surface area contributed by atoms with E-state index in [0.717, 1.165) is 18.1 Å². The molecule has 2 aliphatic rings. The minimum absolute atomic E-state index is 0.723. The molecule has 0 radical (unpaired) electrons. The van der Waals surface area contributed by atoms with Gasteiger partial charge >= 0.3 is 0 Å². The second kappa shape index (κ2) is 4.63. The van der Waals surface area contributed by atoms with Gasteiger partial charge in [0.1, 0.15) is 0 Å². The predicted molar refractivity (Wildman–Crippen MR) is 60.5 cm³/mol. The van der Waals surface area contributed by atoms with E-state index in [9.17, 15) is 0 Å². The molecule has 0 aromatic heterocycles. The van der Waals surface area contributed by atoms with E-state index in [4.69, 9.17) is 0 Å². The Balaban J connectivity index is 1.78. The minimum atomic E-state index is 0.723. The van der Waals surface area contributed by atoms with E-state index in [1.54, 1.807) is 0 Å². The number of rotatable bonds is 4. The van der Waals surface area contributed by atoms with E-state index in [2.05, 4.69) is 24.1 Å². The first-order valence-corrected chi connectivity index (χ1v) is 6.26. The van der Waals surface area contributed by atoms with E-state index in [1.807, 2.05) is 0 Å². The fraction of sp³-hybridized carbons (Fsp3) is 1.00. The van der Waals surface area contributed by atoms with E-state index in [0.29, 0.717) is 0 Å². The van der Waals surface area contributed by atoms with E-state index < -0.39 is 0 Å². The van der Waals surface area contributed by atoms with Crippen LogP contribution in [0, 0.1) is 0 Å². The Kier molecular flexibility index (Phi) is 3.45. The second-order valence-electron chi connectivity index (χ2n) is 5.16. The van der Waals surface area contributed by atoms with Gasteiger partial charge in [-0.05, 0) is 46.1 Å². The van der Waals surface area contributed by atoms with Gasteiger partial charge in [-0.1, -0.05) is 6.42 Å². The van der Waals surface area contributed by atoms with Gasteiger partial charge in [-0.15, -0.1) is 0 Å². The van der Waals surface area contributed by atoms with Crippen LogP contribution < -0.4 is 5.32 Å². The molecule has 14 heavy (non-hydrogen) atoms. The molecule has 2 heteroatoms.